The van der Waals surface area contributed by atoms with Crippen molar-refractivity contribution >= 4 is 40.5 Å². The highest BCUT2D eigenvalue weighted by Gasteiger charge is 2.18. The Kier molecular flexibility index (Phi) is 4.70. The van der Waals surface area contributed by atoms with E-state index in [1.54, 1.807) is 24.3 Å². The van der Waals surface area contributed by atoms with E-state index in [4.69, 9.17) is 39.5 Å². The van der Waals surface area contributed by atoms with E-state index >= 15 is 0 Å². The Morgan fingerprint density at radius 3 is 2.55 bits per heavy atom. The van der Waals surface area contributed by atoms with Crippen molar-refractivity contribution in [1.29, 1.82) is 0 Å². The maximum atomic E-state index is 11.1. The van der Waals surface area contributed by atoms with E-state index in [0.717, 1.165) is 0 Å². The van der Waals surface area contributed by atoms with Crippen LogP contribution in [0.25, 0.3) is 0 Å². The largest absolute Gasteiger partial charge is 0.449 e. The molecule has 0 aromatic heterocycles. The zero-order valence-electron chi connectivity index (χ0n) is 9.98. The maximum Gasteiger partial charge on any atom is 0.311 e. The molecule has 0 spiro atoms. The lowest BCUT2D eigenvalue weighted by Gasteiger charge is -2.09. The van der Waals surface area contributed by atoms with Crippen molar-refractivity contribution in [3.8, 4) is 11.5 Å². The summed E-state index contributed by atoms with van der Waals surface area (Å²) in [6.07, 6.45) is 0. The van der Waals surface area contributed by atoms with E-state index in [1.165, 1.54) is 12.1 Å². The molecule has 2 rings (SSSR count). The Labute approximate surface area is 130 Å². The molecule has 20 heavy (non-hydrogen) atoms. The number of benzene rings is 2. The lowest BCUT2D eigenvalue weighted by molar-refractivity contribution is -0.385. The average molecular weight is 333 g/mol. The van der Waals surface area contributed by atoms with Crippen LogP contribution in [0.3, 0.4) is 0 Å². The number of ether oxygens (including phenoxy) is 1. The van der Waals surface area contributed by atoms with Crippen LogP contribution in [0.15, 0.2) is 36.4 Å². The summed E-state index contributed by atoms with van der Waals surface area (Å²) in [6, 6.07) is 9.30. The van der Waals surface area contributed by atoms with Crippen molar-refractivity contribution in [1.82, 2.24) is 0 Å². The molecule has 104 valence electrons. The number of nitrogens with zero attached hydrogens (tertiary/aromatic N) is 1. The maximum absolute atomic E-state index is 11.1. The minimum atomic E-state index is -0.538. The number of hydrogen-bond donors (Lipinski definition) is 0. The van der Waals surface area contributed by atoms with Gasteiger partial charge < -0.3 is 4.74 Å². The van der Waals surface area contributed by atoms with Crippen molar-refractivity contribution in [2.45, 2.75) is 5.88 Å². The SMILES string of the molecule is O=[N+]([O-])c1cc(CCl)ccc1Oc1cccc(Cl)c1Cl. The highest BCUT2D eigenvalue weighted by atomic mass is 35.5. The summed E-state index contributed by atoms with van der Waals surface area (Å²) in [6.45, 7) is 0. The highest BCUT2D eigenvalue weighted by Crippen LogP contribution is 2.38. The number of hydrogen-bond acceptors (Lipinski definition) is 3. The van der Waals surface area contributed by atoms with Crippen LogP contribution in [0.1, 0.15) is 5.56 Å². The van der Waals surface area contributed by atoms with Gasteiger partial charge >= 0.3 is 5.69 Å². The second-order valence-corrected chi connectivity index (χ2v) is 4.90. The van der Waals surface area contributed by atoms with Crippen molar-refractivity contribution in [2.75, 3.05) is 0 Å². The van der Waals surface area contributed by atoms with Gasteiger partial charge in [0, 0.05) is 11.9 Å². The third-order valence-electron chi connectivity index (χ3n) is 2.51. The highest BCUT2D eigenvalue weighted by molar-refractivity contribution is 6.42. The molecule has 0 fully saturated rings. The summed E-state index contributed by atoms with van der Waals surface area (Å²) in [5.74, 6) is 0.507. The molecule has 0 aliphatic heterocycles. The molecule has 0 radical (unpaired) electrons. The molecule has 0 N–H and O–H groups in total. The molecule has 0 amide bonds. The van der Waals surface area contributed by atoms with Crippen molar-refractivity contribution in [3.05, 3.63) is 62.1 Å². The molecule has 0 unspecified atom stereocenters. The van der Waals surface area contributed by atoms with Gasteiger partial charge in [0.05, 0.1) is 9.95 Å². The summed E-state index contributed by atoms with van der Waals surface area (Å²) in [5.41, 5.74) is 0.446. The lowest BCUT2D eigenvalue weighted by Crippen LogP contribution is -1.95. The Balaban J connectivity index is 2.43. The zero-order chi connectivity index (χ0) is 14.7. The van der Waals surface area contributed by atoms with Crippen LogP contribution in [0.2, 0.25) is 10.0 Å². The van der Waals surface area contributed by atoms with Gasteiger partial charge in [-0.05, 0) is 23.8 Å². The van der Waals surface area contributed by atoms with Gasteiger partial charge in [-0.2, -0.15) is 0 Å². The van der Waals surface area contributed by atoms with E-state index in [9.17, 15) is 10.1 Å². The number of nitro groups is 1. The Bertz CT molecular complexity index is 661. The molecule has 2 aromatic rings. The van der Waals surface area contributed by atoms with Crippen LogP contribution in [0.5, 0.6) is 11.5 Å². The minimum absolute atomic E-state index is 0.0769. The van der Waals surface area contributed by atoms with Gasteiger partial charge in [0.1, 0.15) is 10.8 Å². The smallest absolute Gasteiger partial charge is 0.311 e. The van der Waals surface area contributed by atoms with Crippen LogP contribution >= 0.6 is 34.8 Å². The first-order valence-electron chi connectivity index (χ1n) is 5.48. The first kappa shape index (κ1) is 14.9. The molecule has 0 aliphatic rings. The third-order valence-corrected chi connectivity index (χ3v) is 3.62. The molecule has 0 heterocycles. The van der Waals surface area contributed by atoms with Gasteiger partial charge in [-0.3, -0.25) is 10.1 Å². The molecular formula is C13H8Cl3NO3. The topological polar surface area (TPSA) is 52.4 Å². The fraction of sp³-hybridized carbons (Fsp3) is 0.0769. The first-order chi connectivity index (χ1) is 9.52. The van der Waals surface area contributed by atoms with E-state index in [0.29, 0.717) is 10.6 Å². The van der Waals surface area contributed by atoms with Crippen molar-refractivity contribution in [3.63, 3.8) is 0 Å². The lowest BCUT2D eigenvalue weighted by atomic mass is 10.2. The first-order valence-corrected chi connectivity index (χ1v) is 6.77. The number of halogens is 3. The molecule has 0 saturated carbocycles. The molecule has 7 heteroatoms. The molecule has 0 bridgehead atoms. The Morgan fingerprint density at radius 2 is 1.90 bits per heavy atom. The Morgan fingerprint density at radius 1 is 1.15 bits per heavy atom. The molecule has 0 atom stereocenters. The normalized spacial score (nSPS) is 10.3. The summed E-state index contributed by atoms with van der Waals surface area (Å²) in [7, 11) is 0. The van der Waals surface area contributed by atoms with E-state index in [2.05, 4.69) is 0 Å². The second-order valence-electron chi connectivity index (χ2n) is 3.85. The van der Waals surface area contributed by atoms with Crippen LogP contribution in [0.4, 0.5) is 5.69 Å². The fourth-order valence-corrected chi connectivity index (χ4v) is 2.05. The van der Waals surface area contributed by atoms with Gasteiger partial charge in [0.2, 0.25) is 5.75 Å². The van der Waals surface area contributed by atoms with Gasteiger partial charge in [-0.15, -0.1) is 11.6 Å². The quantitative estimate of drug-likeness (QED) is 0.426. The summed E-state index contributed by atoms with van der Waals surface area (Å²) < 4.78 is 5.48. The van der Waals surface area contributed by atoms with Gasteiger partial charge in [0.25, 0.3) is 0 Å². The van der Waals surface area contributed by atoms with E-state index in [1.807, 2.05) is 0 Å². The summed E-state index contributed by atoms with van der Waals surface area (Å²) >= 11 is 17.5. The summed E-state index contributed by atoms with van der Waals surface area (Å²) in [5, 5.41) is 11.6. The van der Waals surface area contributed by atoms with Crippen LogP contribution in [-0.4, -0.2) is 4.92 Å². The predicted molar refractivity (Wildman–Crippen MR) is 79.2 cm³/mol. The van der Waals surface area contributed by atoms with E-state index < -0.39 is 4.92 Å². The third kappa shape index (κ3) is 3.15. The second kappa shape index (κ2) is 6.31. The number of rotatable bonds is 4. The standard InChI is InChI=1S/C13H8Cl3NO3/c14-7-8-4-5-11(10(6-8)17(18)19)20-12-3-1-2-9(15)13(12)16/h1-6H,7H2. The molecule has 0 saturated heterocycles. The van der Waals surface area contributed by atoms with Crippen molar-refractivity contribution in [2.24, 2.45) is 0 Å². The number of nitro benzene ring substituents is 1. The predicted octanol–water partition coefficient (Wildman–Crippen LogP) is 5.43. The Hall–Kier alpha value is -1.49. The van der Waals surface area contributed by atoms with Crippen LogP contribution in [0, 0.1) is 10.1 Å². The van der Waals surface area contributed by atoms with Gasteiger partial charge in [-0.1, -0.05) is 35.3 Å². The zero-order valence-corrected chi connectivity index (χ0v) is 12.2. The van der Waals surface area contributed by atoms with Crippen LogP contribution < -0.4 is 4.74 Å². The molecule has 0 aliphatic carbocycles. The fourth-order valence-electron chi connectivity index (χ4n) is 1.56. The summed E-state index contributed by atoms with van der Waals surface area (Å²) in [4.78, 5) is 10.5. The van der Waals surface area contributed by atoms with Gasteiger partial charge in [0.15, 0.2) is 0 Å². The number of alkyl halides is 1. The molecular weight excluding hydrogens is 325 g/mol. The minimum Gasteiger partial charge on any atom is -0.449 e. The van der Waals surface area contributed by atoms with Gasteiger partial charge in [-0.25, -0.2) is 0 Å². The van der Waals surface area contributed by atoms with Crippen molar-refractivity contribution < 1.29 is 9.66 Å². The van der Waals surface area contributed by atoms with Crippen LogP contribution in [-0.2, 0) is 5.88 Å². The monoisotopic (exact) mass is 331 g/mol. The molecule has 2 aromatic carbocycles. The van der Waals surface area contributed by atoms with E-state index in [-0.39, 0.29) is 28.1 Å². The molecule has 4 nitrogen and oxygen atoms in total. The average Bonchev–Trinajstić information content (AvgIpc) is 2.44.